The molecule has 26 heavy (non-hydrogen) atoms. The Labute approximate surface area is 187 Å². The molecule has 0 aromatic heterocycles. The summed E-state index contributed by atoms with van der Waals surface area (Å²) in [6.07, 6.45) is 22.5. The zero-order valence-corrected chi connectivity index (χ0v) is 20.4. The smallest absolute Gasteiger partial charge is 1.00 e. The quantitative estimate of drug-likeness (QED) is 0.274. The molecule has 0 amide bonds. The molecule has 3 nitrogen and oxygen atoms in total. The van der Waals surface area contributed by atoms with Crippen molar-refractivity contribution in [3.05, 3.63) is 0 Å². The van der Waals surface area contributed by atoms with Crippen LogP contribution in [0, 0.1) is 0 Å². The first-order chi connectivity index (χ1) is 12.1. The third-order valence-corrected chi connectivity index (χ3v) is 5.24. The van der Waals surface area contributed by atoms with Gasteiger partial charge in [-0.15, -0.1) is 0 Å². The minimum absolute atomic E-state index is 0. The van der Waals surface area contributed by atoms with Gasteiger partial charge in [0.05, 0.1) is 0 Å². The average Bonchev–Trinajstić information content (AvgIpc) is 2.57. The van der Waals surface area contributed by atoms with E-state index in [0.717, 1.165) is 12.8 Å². The molecule has 0 bridgehead atoms. The minimum Gasteiger partial charge on any atom is -1.00 e. The van der Waals surface area contributed by atoms with Crippen molar-refractivity contribution < 1.29 is 40.9 Å². The fourth-order valence-corrected chi connectivity index (χ4v) is 3.49. The van der Waals surface area contributed by atoms with Crippen LogP contribution in [0.2, 0.25) is 0 Å². The number of carboxylic acids is 1. The number of aliphatic carboxylic acids is 1. The fourth-order valence-electron chi connectivity index (χ4n) is 3.49. The largest absolute Gasteiger partial charge is 1.00 e. The molecule has 0 aliphatic heterocycles. The van der Waals surface area contributed by atoms with Crippen LogP contribution in [0.1, 0.15) is 118 Å². The number of rotatable bonds is 19. The van der Waals surface area contributed by atoms with Crippen LogP contribution < -0.4 is 29.6 Å². The van der Waals surface area contributed by atoms with E-state index in [2.05, 4.69) is 6.92 Å². The zero-order chi connectivity index (χ0) is 18.8. The molecule has 1 N–H and O–H groups in total. The van der Waals surface area contributed by atoms with Gasteiger partial charge in [-0.05, 0) is 20.5 Å². The third-order valence-electron chi connectivity index (χ3n) is 5.24. The van der Waals surface area contributed by atoms with Gasteiger partial charge in [-0.1, -0.05) is 110 Å². The van der Waals surface area contributed by atoms with E-state index in [4.69, 9.17) is 5.11 Å². The number of nitrogens with zero attached hydrogens (tertiary/aromatic N) is 1. The molecule has 0 radical (unpaired) electrons. The van der Waals surface area contributed by atoms with Crippen LogP contribution in [0.3, 0.4) is 0 Å². The molecule has 0 spiro atoms. The van der Waals surface area contributed by atoms with E-state index in [-0.39, 0.29) is 37.0 Å². The van der Waals surface area contributed by atoms with Crippen molar-refractivity contribution in [2.75, 3.05) is 14.1 Å². The number of likely N-dealkylation sites (N-methyl/N-ethyl adjacent to an activating group) is 1. The predicted octanol–water partition coefficient (Wildman–Crippen LogP) is 3.77. The second-order valence-corrected chi connectivity index (χ2v) is 7.91. The van der Waals surface area contributed by atoms with Crippen molar-refractivity contribution >= 4 is 5.97 Å². The van der Waals surface area contributed by atoms with Crippen LogP contribution in [0.15, 0.2) is 0 Å². The number of carbonyl (C=O) groups is 1. The van der Waals surface area contributed by atoms with Crippen molar-refractivity contribution in [1.29, 1.82) is 0 Å². The van der Waals surface area contributed by atoms with Crippen LogP contribution in [0.25, 0.3) is 0 Å². The molecule has 1 atom stereocenters. The molecule has 0 saturated heterocycles. The summed E-state index contributed by atoms with van der Waals surface area (Å²) in [6.45, 7) is 2.28. The predicted molar refractivity (Wildman–Crippen MR) is 110 cm³/mol. The van der Waals surface area contributed by atoms with Crippen molar-refractivity contribution in [3.8, 4) is 0 Å². The average molecular weight is 380 g/mol. The van der Waals surface area contributed by atoms with Gasteiger partial charge in [0.1, 0.15) is 6.04 Å². The molecule has 0 aliphatic rings. The number of carboxylic acid groups (broad SMARTS) is 1. The van der Waals surface area contributed by atoms with Gasteiger partial charge < -0.3 is 6.53 Å². The Morgan fingerprint density at radius 1 is 0.731 bits per heavy atom. The summed E-state index contributed by atoms with van der Waals surface area (Å²) >= 11 is 0. The van der Waals surface area contributed by atoms with Crippen LogP contribution in [-0.2, 0) is 4.79 Å². The summed E-state index contributed by atoms with van der Waals surface area (Å²) in [5.41, 5.74) is 0. The van der Waals surface area contributed by atoms with Gasteiger partial charge in [-0.2, -0.15) is 0 Å². The number of hydrogen-bond donors (Lipinski definition) is 1. The van der Waals surface area contributed by atoms with Crippen molar-refractivity contribution in [2.24, 2.45) is 0 Å². The molecule has 0 aromatic carbocycles. The van der Waals surface area contributed by atoms with E-state index in [1.165, 1.54) is 96.3 Å². The molecule has 0 fully saturated rings. The number of hydrogen-bond acceptors (Lipinski definition) is 2. The summed E-state index contributed by atoms with van der Waals surface area (Å²) in [5.74, 6) is -0.689. The fraction of sp³-hybridized carbons (Fsp3) is 0.955. The molecule has 0 aromatic rings. The van der Waals surface area contributed by atoms with Gasteiger partial charge in [0.2, 0.25) is 0 Å². The third kappa shape index (κ3) is 19.2. The first-order valence-electron chi connectivity index (χ1n) is 11.0. The van der Waals surface area contributed by atoms with Crippen molar-refractivity contribution in [1.82, 2.24) is 4.90 Å². The van der Waals surface area contributed by atoms with Crippen molar-refractivity contribution in [3.63, 3.8) is 0 Å². The normalized spacial score (nSPS) is 12.2. The van der Waals surface area contributed by atoms with E-state index in [0.29, 0.717) is 0 Å². The molecular formula is C22H46NNaO2. The zero-order valence-electron chi connectivity index (χ0n) is 19.4. The second kappa shape index (κ2) is 21.7. The summed E-state index contributed by atoms with van der Waals surface area (Å²) in [5, 5.41) is 9.13. The van der Waals surface area contributed by atoms with Gasteiger partial charge >= 0.3 is 35.5 Å². The molecular weight excluding hydrogens is 333 g/mol. The van der Waals surface area contributed by atoms with Crippen LogP contribution in [0.5, 0.6) is 0 Å². The first-order valence-corrected chi connectivity index (χ1v) is 11.0. The van der Waals surface area contributed by atoms with Gasteiger partial charge in [-0.25, -0.2) is 0 Å². The minimum atomic E-state index is -0.689. The molecule has 4 heteroatoms. The van der Waals surface area contributed by atoms with E-state index >= 15 is 0 Å². The monoisotopic (exact) mass is 379 g/mol. The Balaban J connectivity index is -0.00000288. The standard InChI is InChI=1S/C22H45NO2.Na.H/c1-4-5-6-7-8-9-10-11-12-13-14-15-16-17-18-19-20-21(22(24)25)23(2)3;;/h21H,4-20H2,1-3H3,(H,24,25);;/q;+1;-1. The Bertz CT molecular complexity index is 304. The summed E-state index contributed by atoms with van der Waals surface area (Å²) in [4.78, 5) is 12.9. The van der Waals surface area contributed by atoms with E-state index in [1.54, 1.807) is 0 Å². The van der Waals surface area contributed by atoms with E-state index < -0.39 is 5.97 Å². The molecule has 152 valence electrons. The SMILES string of the molecule is CCCCCCCCCCCCCCCCCCC(C(=O)O)N(C)C.[H-].[Na+]. The topological polar surface area (TPSA) is 40.5 Å². The van der Waals surface area contributed by atoms with Gasteiger partial charge in [0.15, 0.2) is 0 Å². The maximum atomic E-state index is 11.1. The van der Waals surface area contributed by atoms with Gasteiger partial charge in [0.25, 0.3) is 0 Å². The Kier molecular flexibility index (Phi) is 23.9. The van der Waals surface area contributed by atoms with Crippen molar-refractivity contribution in [2.45, 2.75) is 122 Å². The van der Waals surface area contributed by atoms with E-state index in [9.17, 15) is 4.79 Å². The summed E-state index contributed by atoms with van der Waals surface area (Å²) < 4.78 is 0. The maximum absolute atomic E-state index is 11.1. The van der Waals surface area contributed by atoms with Gasteiger partial charge in [-0.3, -0.25) is 9.69 Å². The van der Waals surface area contributed by atoms with E-state index in [1.807, 2.05) is 19.0 Å². The molecule has 0 aliphatic carbocycles. The second-order valence-electron chi connectivity index (χ2n) is 7.91. The molecule has 0 saturated carbocycles. The summed E-state index contributed by atoms with van der Waals surface area (Å²) in [7, 11) is 3.70. The van der Waals surface area contributed by atoms with Gasteiger partial charge in [0, 0.05) is 0 Å². The maximum Gasteiger partial charge on any atom is 1.00 e. The Hall–Kier alpha value is 0.430. The molecule has 1 unspecified atom stereocenters. The molecule has 0 rings (SSSR count). The number of unbranched alkanes of at least 4 members (excludes halogenated alkanes) is 15. The Morgan fingerprint density at radius 3 is 1.31 bits per heavy atom. The Morgan fingerprint density at radius 2 is 1.04 bits per heavy atom. The van der Waals surface area contributed by atoms with Crippen LogP contribution in [-0.4, -0.2) is 36.1 Å². The van der Waals surface area contributed by atoms with Crippen LogP contribution in [0.4, 0.5) is 0 Å². The van der Waals surface area contributed by atoms with Crippen LogP contribution >= 0.6 is 0 Å². The first kappa shape index (κ1) is 28.6. The summed E-state index contributed by atoms with van der Waals surface area (Å²) in [6, 6.07) is -0.313. The molecule has 0 heterocycles.